The van der Waals surface area contributed by atoms with E-state index in [0.717, 1.165) is 18.7 Å². The van der Waals surface area contributed by atoms with Crippen molar-refractivity contribution >= 4 is 17.5 Å². The molecule has 2 fully saturated rings. The molecular formula is C22H24FN3O2. The van der Waals surface area contributed by atoms with Crippen LogP contribution in [0.5, 0.6) is 0 Å². The Bertz CT molecular complexity index is 833. The van der Waals surface area contributed by atoms with Crippen LogP contribution in [0.1, 0.15) is 12.0 Å². The molecule has 0 spiro atoms. The Labute approximate surface area is 164 Å². The standard InChI is InChI=1S/C22H24FN3O2/c23-19-8-6-17(7-9-19)15-26-16-18(14-21(26)27)22(28)25-12-10-24(11-13-25)20-4-2-1-3-5-20/h1-9,18H,10-16H2. The first-order valence-corrected chi connectivity index (χ1v) is 9.71. The Morgan fingerprint density at radius 3 is 2.32 bits per heavy atom. The summed E-state index contributed by atoms with van der Waals surface area (Å²) >= 11 is 0. The molecule has 1 unspecified atom stereocenters. The van der Waals surface area contributed by atoms with E-state index in [1.807, 2.05) is 23.1 Å². The van der Waals surface area contributed by atoms with Crippen molar-refractivity contribution < 1.29 is 14.0 Å². The van der Waals surface area contributed by atoms with Crippen LogP contribution in [-0.4, -0.2) is 54.3 Å². The topological polar surface area (TPSA) is 43.9 Å². The molecule has 2 amide bonds. The molecule has 0 saturated carbocycles. The fourth-order valence-corrected chi connectivity index (χ4v) is 3.98. The zero-order chi connectivity index (χ0) is 19.5. The van der Waals surface area contributed by atoms with Crippen LogP contribution < -0.4 is 4.90 Å². The largest absolute Gasteiger partial charge is 0.368 e. The highest BCUT2D eigenvalue weighted by Crippen LogP contribution is 2.24. The minimum absolute atomic E-state index is 0.00871. The first-order valence-electron chi connectivity index (χ1n) is 9.71. The van der Waals surface area contributed by atoms with Gasteiger partial charge in [0.05, 0.1) is 5.92 Å². The van der Waals surface area contributed by atoms with Crippen molar-refractivity contribution in [3.05, 3.63) is 66.0 Å². The average Bonchev–Trinajstić information content (AvgIpc) is 3.10. The Morgan fingerprint density at radius 2 is 1.64 bits per heavy atom. The Balaban J connectivity index is 1.32. The van der Waals surface area contributed by atoms with Crippen LogP contribution in [-0.2, 0) is 16.1 Å². The van der Waals surface area contributed by atoms with Gasteiger partial charge < -0.3 is 14.7 Å². The van der Waals surface area contributed by atoms with E-state index < -0.39 is 0 Å². The van der Waals surface area contributed by atoms with Gasteiger partial charge >= 0.3 is 0 Å². The predicted octanol–water partition coefficient (Wildman–Crippen LogP) is 2.52. The maximum absolute atomic E-state index is 13.1. The summed E-state index contributed by atoms with van der Waals surface area (Å²) in [6.45, 7) is 3.82. The minimum atomic E-state index is -0.292. The zero-order valence-electron chi connectivity index (χ0n) is 15.8. The summed E-state index contributed by atoms with van der Waals surface area (Å²) < 4.78 is 13.1. The second-order valence-electron chi connectivity index (χ2n) is 7.45. The monoisotopic (exact) mass is 381 g/mol. The Kier molecular flexibility index (Phi) is 5.28. The molecule has 2 aliphatic heterocycles. The van der Waals surface area contributed by atoms with Crippen LogP contribution in [0.3, 0.4) is 0 Å². The minimum Gasteiger partial charge on any atom is -0.368 e. The molecule has 2 aliphatic rings. The van der Waals surface area contributed by atoms with Gasteiger partial charge in [-0.3, -0.25) is 9.59 Å². The maximum Gasteiger partial charge on any atom is 0.228 e. The van der Waals surface area contributed by atoms with Gasteiger partial charge in [0.2, 0.25) is 11.8 Å². The predicted molar refractivity (Wildman–Crippen MR) is 105 cm³/mol. The highest BCUT2D eigenvalue weighted by molar-refractivity contribution is 5.89. The molecule has 2 heterocycles. The third-order valence-electron chi connectivity index (χ3n) is 5.56. The Hall–Kier alpha value is -2.89. The molecule has 146 valence electrons. The lowest BCUT2D eigenvalue weighted by Gasteiger charge is -2.37. The van der Waals surface area contributed by atoms with Crippen LogP contribution in [0.4, 0.5) is 10.1 Å². The van der Waals surface area contributed by atoms with E-state index in [0.29, 0.717) is 26.2 Å². The molecule has 6 heteroatoms. The zero-order valence-corrected chi connectivity index (χ0v) is 15.8. The number of nitrogens with zero attached hydrogens (tertiary/aromatic N) is 3. The van der Waals surface area contributed by atoms with Gasteiger partial charge in [-0.1, -0.05) is 30.3 Å². The van der Waals surface area contributed by atoms with Crippen LogP contribution in [0.2, 0.25) is 0 Å². The fraction of sp³-hybridized carbons (Fsp3) is 0.364. The van der Waals surface area contributed by atoms with Gasteiger partial charge in [-0.2, -0.15) is 0 Å². The molecule has 0 bridgehead atoms. The highest BCUT2D eigenvalue weighted by atomic mass is 19.1. The summed E-state index contributed by atoms with van der Waals surface area (Å²) in [5.41, 5.74) is 2.05. The summed E-state index contributed by atoms with van der Waals surface area (Å²) in [5, 5.41) is 0. The number of anilines is 1. The van der Waals surface area contributed by atoms with Crippen molar-refractivity contribution in [2.75, 3.05) is 37.6 Å². The number of piperazine rings is 1. The number of hydrogen-bond donors (Lipinski definition) is 0. The van der Waals surface area contributed by atoms with Crippen molar-refractivity contribution in [1.82, 2.24) is 9.80 Å². The first-order chi connectivity index (χ1) is 13.6. The lowest BCUT2D eigenvalue weighted by atomic mass is 10.1. The van der Waals surface area contributed by atoms with Crippen molar-refractivity contribution in [3.63, 3.8) is 0 Å². The Morgan fingerprint density at radius 1 is 0.964 bits per heavy atom. The molecule has 0 radical (unpaired) electrons. The molecule has 5 nitrogen and oxygen atoms in total. The van der Waals surface area contributed by atoms with Gasteiger partial charge in [0.25, 0.3) is 0 Å². The number of hydrogen-bond acceptors (Lipinski definition) is 3. The van der Waals surface area contributed by atoms with Crippen LogP contribution >= 0.6 is 0 Å². The van der Waals surface area contributed by atoms with Gasteiger partial charge in [-0.15, -0.1) is 0 Å². The van der Waals surface area contributed by atoms with Gasteiger partial charge in [-0.05, 0) is 29.8 Å². The third kappa shape index (κ3) is 4.01. The average molecular weight is 381 g/mol. The molecule has 0 aromatic heterocycles. The maximum atomic E-state index is 13.1. The highest BCUT2D eigenvalue weighted by Gasteiger charge is 2.37. The van der Waals surface area contributed by atoms with Crippen LogP contribution in [0, 0.1) is 11.7 Å². The molecule has 28 heavy (non-hydrogen) atoms. The number of likely N-dealkylation sites (tertiary alicyclic amines) is 1. The lowest BCUT2D eigenvalue weighted by molar-refractivity contribution is -0.136. The molecule has 2 aromatic rings. The second kappa shape index (κ2) is 8.00. The van der Waals surface area contributed by atoms with Gasteiger partial charge in [0, 0.05) is 51.4 Å². The fourth-order valence-electron chi connectivity index (χ4n) is 3.98. The number of amides is 2. The molecule has 2 saturated heterocycles. The lowest BCUT2D eigenvalue weighted by Crippen LogP contribution is -2.50. The summed E-state index contributed by atoms with van der Waals surface area (Å²) in [5.74, 6) is -0.510. The van der Waals surface area contributed by atoms with E-state index in [4.69, 9.17) is 0 Å². The van der Waals surface area contributed by atoms with Gasteiger partial charge in [0.1, 0.15) is 5.82 Å². The number of rotatable bonds is 4. The summed E-state index contributed by atoms with van der Waals surface area (Å²) in [7, 11) is 0. The van der Waals surface area contributed by atoms with E-state index in [1.54, 1.807) is 17.0 Å². The third-order valence-corrected chi connectivity index (χ3v) is 5.56. The summed E-state index contributed by atoms with van der Waals surface area (Å²) in [4.78, 5) is 31.1. The van der Waals surface area contributed by atoms with Crippen molar-refractivity contribution in [2.45, 2.75) is 13.0 Å². The van der Waals surface area contributed by atoms with Gasteiger partial charge in [0.15, 0.2) is 0 Å². The number of carbonyl (C=O) groups excluding carboxylic acids is 2. The number of carbonyl (C=O) groups is 2. The first kappa shape index (κ1) is 18.5. The van der Waals surface area contributed by atoms with Crippen molar-refractivity contribution in [2.24, 2.45) is 5.92 Å². The van der Waals surface area contributed by atoms with Gasteiger partial charge in [-0.25, -0.2) is 4.39 Å². The quantitative estimate of drug-likeness (QED) is 0.818. The molecule has 2 aromatic carbocycles. The van der Waals surface area contributed by atoms with Crippen molar-refractivity contribution in [3.8, 4) is 0 Å². The van der Waals surface area contributed by atoms with E-state index in [2.05, 4.69) is 17.0 Å². The van der Waals surface area contributed by atoms with E-state index >= 15 is 0 Å². The smallest absolute Gasteiger partial charge is 0.228 e. The molecular weight excluding hydrogens is 357 g/mol. The summed E-state index contributed by atoms with van der Waals surface area (Å²) in [6.07, 6.45) is 0.263. The normalized spacial score (nSPS) is 20.0. The van der Waals surface area contributed by atoms with E-state index in [1.165, 1.54) is 17.8 Å². The van der Waals surface area contributed by atoms with E-state index in [9.17, 15) is 14.0 Å². The number of para-hydroxylation sites is 1. The van der Waals surface area contributed by atoms with Crippen LogP contribution in [0.25, 0.3) is 0 Å². The SMILES string of the molecule is O=C1CC(C(=O)N2CCN(c3ccccc3)CC2)CN1Cc1ccc(F)cc1. The van der Waals surface area contributed by atoms with Crippen LogP contribution in [0.15, 0.2) is 54.6 Å². The molecule has 1 atom stereocenters. The molecule has 0 aliphatic carbocycles. The number of benzene rings is 2. The van der Waals surface area contributed by atoms with Crippen molar-refractivity contribution in [1.29, 1.82) is 0 Å². The molecule has 4 rings (SSSR count). The number of halogens is 1. The second-order valence-corrected chi connectivity index (χ2v) is 7.45. The molecule has 0 N–H and O–H groups in total. The summed E-state index contributed by atoms with van der Waals surface area (Å²) in [6, 6.07) is 16.4. The van der Waals surface area contributed by atoms with E-state index in [-0.39, 0.29) is 30.0 Å².